The molecular formula is C12H23F3N4. The number of alkyl halides is 3. The number of nitrogens with zero attached hydrogens (tertiary/aromatic N) is 2. The maximum absolute atomic E-state index is 12.1. The Morgan fingerprint density at radius 3 is 2.47 bits per heavy atom. The molecule has 0 atom stereocenters. The van der Waals surface area contributed by atoms with Crippen LogP contribution in [0.3, 0.4) is 0 Å². The van der Waals surface area contributed by atoms with Gasteiger partial charge in [0.15, 0.2) is 5.96 Å². The average Bonchev–Trinajstić information content (AvgIpc) is 2.78. The molecule has 0 aromatic rings. The van der Waals surface area contributed by atoms with E-state index in [-0.39, 0.29) is 0 Å². The van der Waals surface area contributed by atoms with E-state index in [1.807, 2.05) is 0 Å². The van der Waals surface area contributed by atoms with Crippen molar-refractivity contribution in [1.82, 2.24) is 15.5 Å². The fraction of sp³-hybridized carbons (Fsp3) is 0.917. The largest absolute Gasteiger partial charge is 0.401 e. The van der Waals surface area contributed by atoms with E-state index in [9.17, 15) is 13.2 Å². The molecule has 0 aromatic heterocycles. The van der Waals surface area contributed by atoms with Gasteiger partial charge in [0.25, 0.3) is 0 Å². The Labute approximate surface area is 112 Å². The molecule has 7 heteroatoms. The van der Waals surface area contributed by atoms with Gasteiger partial charge in [-0.1, -0.05) is 12.8 Å². The Morgan fingerprint density at radius 2 is 1.95 bits per heavy atom. The number of nitrogens with one attached hydrogen (secondary N) is 2. The first kappa shape index (κ1) is 16.1. The molecule has 1 saturated carbocycles. The minimum atomic E-state index is -4.14. The molecule has 4 nitrogen and oxygen atoms in total. The lowest BCUT2D eigenvalue weighted by Gasteiger charge is -2.20. The first-order valence-corrected chi connectivity index (χ1v) is 6.63. The highest BCUT2D eigenvalue weighted by Crippen LogP contribution is 2.17. The molecule has 0 heterocycles. The molecule has 19 heavy (non-hydrogen) atoms. The predicted octanol–water partition coefficient (Wildman–Crippen LogP) is 1.59. The van der Waals surface area contributed by atoms with Gasteiger partial charge in [-0.05, 0) is 19.9 Å². The van der Waals surface area contributed by atoms with Gasteiger partial charge in [0.2, 0.25) is 0 Å². The number of likely N-dealkylation sites (N-methyl/N-ethyl adjacent to an activating group) is 1. The monoisotopic (exact) mass is 280 g/mol. The van der Waals surface area contributed by atoms with Crippen LogP contribution in [0, 0.1) is 0 Å². The molecule has 1 rings (SSSR count). The van der Waals surface area contributed by atoms with E-state index in [4.69, 9.17) is 0 Å². The second-order valence-electron chi connectivity index (χ2n) is 4.98. The van der Waals surface area contributed by atoms with Crippen molar-refractivity contribution in [2.75, 3.05) is 33.7 Å². The Balaban J connectivity index is 2.19. The summed E-state index contributed by atoms with van der Waals surface area (Å²) in [7, 11) is 3.13. The summed E-state index contributed by atoms with van der Waals surface area (Å²) in [6, 6.07) is 0.444. The van der Waals surface area contributed by atoms with E-state index < -0.39 is 12.7 Å². The molecule has 0 saturated heterocycles. The maximum Gasteiger partial charge on any atom is 0.401 e. The van der Waals surface area contributed by atoms with Gasteiger partial charge < -0.3 is 10.6 Å². The van der Waals surface area contributed by atoms with E-state index >= 15 is 0 Å². The number of rotatable bonds is 5. The maximum atomic E-state index is 12.1. The minimum Gasteiger partial charge on any atom is -0.355 e. The first-order valence-electron chi connectivity index (χ1n) is 6.63. The zero-order chi connectivity index (χ0) is 14.3. The Morgan fingerprint density at radius 1 is 1.32 bits per heavy atom. The first-order chi connectivity index (χ1) is 8.90. The zero-order valence-electron chi connectivity index (χ0n) is 11.6. The normalized spacial score (nSPS) is 18.1. The van der Waals surface area contributed by atoms with Crippen molar-refractivity contribution in [2.45, 2.75) is 37.9 Å². The standard InChI is InChI=1S/C12H23F3N4/c1-16-11(18-10-5-3-4-6-10)17-7-8-19(2)9-12(13,14)15/h10H,3-9H2,1-2H3,(H2,16,17,18). The third-order valence-electron chi connectivity index (χ3n) is 3.15. The Kier molecular flexibility index (Phi) is 6.41. The van der Waals surface area contributed by atoms with Gasteiger partial charge in [0.1, 0.15) is 0 Å². The second kappa shape index (κ2) is 7.57. The highest BCUT2D eigenvalue weighted by molar-refractivity contribution is 5.79. The third-order valence-corrected chi connectivity index (χ3v) is 3.15. The lowest BCUT2D eigenvalue weighted by molar-refractivity contribution is -0.142. The number of hydrogen-bond acceptors (Lipinski definition) is 2. The van der Waals surface area contributed by atoms with Gasteiger partial charge in [0, 0.05) is 26.2 Å². The van der Waals surface area contributed by atoms with Crippen molar-refractivity contribution in [1.29, 1.82) is 0 Å². The number of hydrogen-bond donors (Lipinski definition) is 2. The summed E-state index contributed by atoms with van der Waals surface area (Å²) >= 11 is 0. The van der Waals surface area contributed by atoms with Gasteiger partial charge in [-0.25, -0.2) is 0 Å². The summed E-state index contributed by atoms with van der Waals surface area (Å²) in [6.07, 6.45) is 0.577. The summed E-state index contributed by atoms with van der Waals surface area (Å²) in [5.74, 6) is 0.673. The van der Waals surface area contributed by atoms with Crippen molar-refractivity contribution < 1.29 is 13.2 Å². The predicted molar refractivity (Wildman–Crippen MR) is 70.3 cm³/mol. The third kappa shape index (κ3) is 7.25. The molecule has 0 spiro atoms. The summed E-state index contributed by atoms with van der Waals surface area (Å²) in [5, 5.41) is 6.33. The van der Waals surface area contributed by atoms with E-state index in [0.717, 1.165) is 12.8 Å². The topological polar surface area (TPSA) is 39.7 Å². The van der Waals surface area contributed by atoms with Gasteiger partial charge in [-0.15, -0.1) is 0 Å². The number of halogens is 3. The van der Waals surface area contributed by atoms with Crippen LogP contribution < -0.4 is 10.6 Å². The van der Waals surface area contributed by atoms with Crippen molar-refractivity contribution in [3.05, 3.63) is 0 Å². The molecule has 0 radical (unpaired) electrons. The Hall–Kier alpha value is -0.980. The molecule has 1 aliphatic carbocycles. The minimum absolute atomic E-state index is 0.324. The van der Waals surface area contributed by atoms with Crippen LogP contribution in [-0.2, 0) is 0 Å². The highest BCUT2D eigenvalue weighted by Gasteiger charge is 2.28. The van der Waals surface area contributed by atoms with Crippen LogP contribution in [0.1, 0.15) is 25.7 Å². The quantitative estimate of drug-likeness (QED) is 0.593. The van der Waals surface area contributed by atoms with Crippen LogP contribution in [0.25, 0.3) is 0 Å². The van der Waals surface area contributed by atoms with Gasteiger partial charge in [-0.2, -0.15) is 13.2 Å². The van der Waals surface area contributed by atoms with Crippen LogP contribution in [0.2, 0.25) is 0 Å². The summed E-state index contributed by atoms with van der Waals surface area (Å²) in [6.45, 7) is -0.118. The average molecular weight is 280 g/mol. The van der Waals surface area contributed by atoms with Crippen molar-refractivity contribution in [3.63, 3.8) is 0 Å². The molecule has 2 N–H and O–H groups in total. The number of guanidine groups is 1. The van der Waals surface area contributed by atoms with E-state index in [1.165, 1.54) is 24.8 Å². The molecule has 1 fully saturated rings. The smallest absolute Gasteiger partial charge is 0.355 e. The molecule has 0 amide bonds. The summed E-state index contributed by atoms with van der Waals surface area (Å²) < 4.78 is 36.4. The molecular weight excluding hydrogens is 257 g/mol. The van der Waals surface area contributed by atoms with E-state index in [0.29, 0.717) is 25.1 Å². The van der Waals surface area contributed by atoms with Gasteiger partial charge >= 0.3 is 6.18 Å². The van der Waals surface area contributed by atoms with Crippen molar-refractivity contribution in [3.8, 4) is 0 Å². The lowest BCUT2D eigenvalue weighted by atomic mass is 10.2. The zero-order valence-corrected chi connectivity index (χ0v) is 11.6. The lowest BCUT2D eigenvalue weighted by Crippen LogP contribution is -2.45. The highest BCUT2D eigenvalue weighted by atomic mass is 19.4. The molecule has 0 aliphatic heterocycles. The molecule has 1 aliphatic rings. The summed E-state index contributed by atoms with van der Waals surface area (Å²) in [5.41, 5.74) is 0. The van der Waals surface area contributed by atoms with Crippen LogP contribution in [0.15, 0.2) is 4.99 Å². The molecule has 0 unspecified atom stereocenters. The Bertz CT molecular complexity index is 285. The summed E-state index contributed by atoms with van der Waals surface area (Å²) in [4.78, 5) is 5.32. The van der Waals surface area contributed by atoms with Gasteiger partial charge in [-0.3, -0.25) is 9.89 Å². The molecule has 0 bridgehead atoms. The molecule has 0 aromatic carbocycles. The van der Waals surface area contributed by atoms with Crippen molar-refractivity contribution in [2.24, 2.45) is 4.99 Å². The van der Waals surface area contributed by atoms with Crippen LogP contribution in [-0.4, -0.2) is 56.8 Å². The fourth-order valence-electron chi connectivity index (χ4n) is 2.21. The SMILES string of the molecule is CN=C(NCCN(C)CC(F)(F)F)NC1CCCC1. The van der Waals surface area contributed by atoms with Crippen LogP contribution in [0.5, 0.6) is 0 Å². The van der Waals surface area contributed by atoms with Crippen LogP contribution in [0.4, 0.5) is 13.2 Å². The second-order valence-corrected chi connectivity index (χ2v) is 4.98. The molecule has 112 valence electrons. The van der Waals surface area contributed by atoms with Gasteiger partial charge in [0.05, 0.1) is 6.54 Å². The van der Waals surface area contributed by atoms with Crippen molar-refractivity contribution >= 4 is 5.96 Å². The van der Waals surface area contributed by atoms with E-state index in [1.54, 1.807) is 7.05 Å². The van der Waals surface area contributed by atoms with E-state index in [2.05, 4.69) is 15.6 Å². The fourth-order valence-corrected chi connectivity index (χ4v) is 2.21. The van der Waals surface area contributed by atoms with Crippen LogP contribution >= 0.6 is 0 Å². The number of aliphatic imine (C=N–C) groups is 1.